The highest BCUT2D eigenvalue weighted by Gasteiger charge is 2.25. The van der Waals surface area contributed by atoms with Crippen molar-refractivity contribution in [3.8, 4) is 11.1 Å². The molecule has 100 valence electrons. The number of rotatable bonds is 1. The molecule has 1 N–H and O–H groups in total. The highest BCUT2D eigenvalue weighted by molar-refractivity contribution is 6.08. The van der Waals surface area contributed by atoms with Crippen LogP contribution in [-0.2, 0) is 0 Å². The molecule has 0 radical (unpaired) electrons. The van der Waals surface area contributed by atoms with Crippen LogP contribution >= 0.6 is 0 Å². The molecule has 1 aliphatic carbocycles. The molecule has 3 aromatic rings. The molecule has 1 aliphatic rings. The first kappa shape index (κ1) is 12.0. The molecule has 0 heterocycles. The van der Waals surface area contributed by atoms with Crippen LogP contribution in [0.15, 0.2) is 78.9 Å². The van der Waals surface area contributed by atoms with Crippen LogP contribution in [0.1, 0.15) is 16.7 Å². The Morgan fingerprint density at radius 1 is 0.524 bits per heavy atom. The van der Waals surface area contributed by atoms with E-state index in [1.807, 2.05) is 54.6 Å². The van der Waals surface area contributed by atoms with Gasteiger partial charge in [-0.2, -0.15) is 0 Å². The maximum atomic E-state index is 10.8. The lowest BCUT2D eigenvalue weighted by molar-refractivity contribution is 0.514. The summed E-state index contributed by atoms with van der Waals surface area (Å²) in [6.45, 7) is 0. The monoisotopic (exact) mass is 270 g/mol. The third-order valence-corrected chi connectivity index (χ3v) is 3.97. The fourth-order valence-electron chi connectivity index (χ4n) is 3.01. The predicted octanol–water partition coefficient (Wildman–Crippen LogP) is 5.14. The highest BCUT2D eigenvalue weighted by atomic mass is 16.3. The van der Waals surface area contributed by atoms with Gasteiger partial charge in [-0.3, -0.25) is 0 Å². The SMILES string of the molecule is OC(=C1c2ccccc2-c2ccccc21)c1ccccc1. The number of aliphatic hydroxyl groups excluding tert-OH is 1. The van der Waals surface area contributed by atoms with Gasteiger partial charge in [0.1, 0.15) is 5.76 Å². The standard InChI is InChI=1S/C20H14O/c21-20(14-8-2-1-3-9-14)19-17-12-6-4-10-15(17)16-11-5-7-13-18(16)19/h1-13,21H. The van der Waals surface area contributed by atoms with Crippen LogP contribution in [0.3, 0.4) is 0 Å². The van der Waals surface area contributed by atoms with E-state index in [4.69, 9.17) is 0 Å². The third-order valence-electron chi connectivity index (χ3n) is 3.97. The van der Waals surface area contributed by atoms with Gasteiger partial charge in [0, 0.05) is 11.1 Å². The molecule has 3 aromatic carbocycles. The molecule has 0 unspecified atom stereocenters. The minimum absolute atomic E-state index is 0.341. The summed E-state index contributed by atoms with van der Waals surface area (Å²) in [7, 11) is 0. The van der Waals surface area contributed by atoms with E-state index in [-0.39, 0.29) is 0 Å². The zero-order valence-corrected chi connectivity index (χ0v) is 11.5. The predicted molar refractivity (Wildman–Crippen MR) is 86.9 cm³/mol. The molecule has 0 saturated carbocycles. The van der Waals surface area contributed by atoms with E-state index in [1.165, 1.54) is 11.1 Å². The molecule has 4 rings (SSSR count). The fourth-order valence-corrected chi connectivity index (χ4v) is 3.01. The molecular weight excluding hydrogens is 256 g/mol. The van der Waals surface area contributed by atoms with Crippen LogP contribution in [0, 0.1) is 0 Å². The van der Waals surface area contributed by atoms with E-state index >= 15 is 0 Å². The van der Waals surface area contributed by atoms with Gasteiger partial charge in [0.15, 0.2) is 0 Å². The minimum Gasteiger partial charge on any atom is -0.507 e. The first-order valence-electron chi connectivity index (χ1n) is 7.04. The first-order valence-corrected chi connectivity index (χ1v) is 7.04. The lowest BCUT2D eigenvalue weighted by Crippen LogP contribution is -1.90. The second kappa shape index (κ2) is 4.64. The second-order valence-corrected chi connectivity index (χ2v) is 5.18. The molecule has 0 aromatic heterocycles. The number of benzene rings is 3. The minimum atomic E-state index is 0.341. The molecule has 0 spiro atoms. The molecule has 0 aliphatic heterocycles. The summed E-state index contributed by atoms with van der Waals surface area (Å²) in [5, 5.41) is 10.8. The van der Waals surface area contributed by atoms with Gasteiger partial charge in [0.25, 0.3) is 0 Å². The van der Waals surface area contributed by atoms with Crippen molar-refractivity contribution in [1.29, 1.82) is 0 Å². The molecule has 0 saturated heterocycles. The Morgan fingerprint density at radius 2 is 0.952 bits per heavy atom. The van der Waals surface area contributed by atoms with Crippen molar-refractivity contribution in [2.24, 2.45) is 0 Å². The maximum Gasteiger partial charge on any atom is 0.131 e. The summed E-state index contributed by atoms with van der Waals surface area (Å²) in [6.07, 6.45) is 0. The van der Waals surface area contributed by atoms with Crippen LogP contribution in [0.5, 0.6) is 0 Å². The number of aliphatic hydroxyl groups is 1. The van der Waals surface area contributed by atoms with Gasteiger partial charge < -0.3 is 5.11 Å². The Morgan fingerprint density at radius 3 is 1.48 bits per heavy atom. The topological polar surface area (TPSA) is 20.2 Å². The van der Waals surface area contributed by atoms with E-state index in [1.54, 1.807) is 0 Å². The third kappa shape index (κ3) is 1.78. The molecule has 0 amide bonds. The highest BCUT2D eigenvalue weighted by Crippen LogP contribution is 2.46. The van der Waals surface area contributed by atoms with Gasteiger partial charge in [0.05, 0.1) is 0 Å². The molecule has 0 fully saturated rings. The normalized spacial score (nSPS) is 11.9. The van der Waals surface area contributed by atoms with Crippen LogP contribution in [0.25, 0.3) is 22.5 Å². The quantitative estimate of drug-likeness (QED) is 0.475. The van der Waals surface area contributed by atoms with Gasteiger partial charge in [-0.25, -0.2) is 0 Å². The molecular formula is C20H14O. The molecule has 1 nitrogen and oxygen atoms in total. The molecule has 1 heteroatoms. The summed E-state index contributed by atoms with van der Waals surface area (Å²) in [6, 6.07) is 26.2. The van der Waals surface area contributed by atoms with Gasteiger partial charge >= 0.3 is 0 Å². The summed E-state index contributed by atoms with van der Waals surface area (Å²) in [5.74, 6) is 0.341. The average molecular weight is 270 g/mol. The van der Waals surface area contributed by atoms with Crippen molar-refractivity contribution in [3.05, 3.63) is 95.6 Å². The van der Waals surface area contributed by atoms with Crippen LogP contribution in [-0.4, -0.2) is 5.11 Å². The smallest absolute Gasteiger partial charge is 0.131 e. The van der Waals surface area contributed by atoms with E-state index in [2.05, 4.69) is 24.3 Å². The van der Waals surface area contributed by atoms with Gasteiger partial charge in [-0.15, -0.1) is 0 Å². The van der Waals surface area contributed by atoms with E-state index in [9.17, 15) is 5.11 Å². The van der Waals surface area contributed by atoms with E-state index in [0.717, 1.165) is 22.3 Å². The van der Waals surface area contributed by atoms with Crippen molar-refractivity contribution < 1.29 is 5.11 Å². The fraction of sp³-hybridized carbons (Fsp3) is 0. The lowest BCUT2D eigenvalue weighted by Gasteiger charge is -2.08. The Kier molecular flexibility index (Phi) is 2.65. The van der Waals surface area contributed by atoms with Crippen molar-refractivity contribution >= 4 is 11.3 Å². The lowest BCUT2D eigenvalue weighted by atomic mass is 9.99. The number of hydrogen-bond donors (Lipinski definition) is 1. The zero-order valence-electron chi connectivity index (χ0n) is 11.5. The van der Waals surface area contributed by atoms with Crippen LogP contribution < -0.4 is 0 Å². The number of fused-ring (bicyclic) bond motifs is 3. The van der Waals surface area contributed by atoms with Gasteiger partial charge in [-0.1, -0.05) is 78.9 Å². The Hall–Kier alpha value is -2.80. The number of hydrogen-bond acceptors (Lipinski definition) is 1. The average Bonchev–Trinajstić information content (AvgIpc) is 2.90. The van der Waals surface area contributed by atoms with E-state index in [0.29, 0.717) is 5.76 Å². The molecule has 21 heavy (non-hydrogen) atoms. The Bertz CT molecular complexity index is 797. The zero-order chi connectivity index (χ0) is 14.2. The first-order chi connectivity index (χ1) is 10.4. The van der Waals surface area contributed by atoms with E-state index < -0.39 is 0 Å². The molecule has 0 atom stereocenters. The van der Waals surface area contributed by atoms with Crippen molar-refractivity contribution in [2.45, 2.75) is 0 Å². The Balaban J connectivity index is 2.06. The molecule has 0 bridgehead atoms. The summed E-state index contributed by atoms with van der Waals surface area (Å²) < 4.78 is 0. The van der Waals surface area contributed by atoms with Crippen LogP contribution in [0.2, 0.25) is 0 Å². The van der Waals surface area contributed by atoms with Gasteiger partial charge in [0.2, 0.25) is 0 Å². The van der Waals surface area contributed by atoms with Crippen LogP contribution in [0.4, 0.5) is 0 Å². The summed E-state index contributed by atoms with van der Waals surface area (Å²) >= 11 is 0. The maximum absolute atomic E-state index is 10.8. The van der Waals surface area contributed by atoms with Crippen molar-refractivity contribution in [1.82, 2.24) is 0 Å². The second-order valence-electron chi connectivity index (χ2n) is 5.18. The summed E-state index contributed by atoms with van der Waals surface area (Å²) in [4.78, 5) is 0. The summed E-state index contributed by atoms with van der Waals surface area (Å²) in [5.41, 5.74) is 6.34. The Labute approximate surface area is 123 Å². The van der Waals surface area contributed by atoms with Crippen molar-refractivity contribution in [3.63, 3.8) is 0 Å². The largest absolute Gasteiger partial charge is 0.507 e. The van der Waals surface area contributed by atoms with Crippen molar-refractivity contribution in [2.75, 3.05) is 0 Å². The van der Waals surface area contributed by atoms with Gasteiger partial charge in [-0.05, 0) is 22.3 Å².